The van der Waals surface area contributed by atoms with E-state index in [9.17, 15) is 9.90 Å². The zero-order chi connectivity index (χ0) is 14.5. The molecule has 0 aliphatic heterocycles. The molecule has 0 spiro atoms. The second-order valence-electron chi connectivity index (χ2n) is 4.86. The highest BCUT2D eigenvalue weighted by atomic mass is 16.5. The quantitative estimate of drug-likeness (QED) is 0.905. The van der Waals surface area contributed by atoms with Crippen molar-refractivity contribution < 1.29 is 14.6 Å². The fourth-order valence-corrected chi connectivity index (χ4v) is 2.18. The van der Waals surface area contributed by atoms with Crippen LogP contribution in [0.25, 0.3) is 0 Å². The molecule has 0 aromatic heterocycles. The van der Waals surface area contributed by atoms with Gasteiger partial charge in [0.2, 0.25) is 0 Å². The van der Waals surface area contributed by atoms with Crippen molar-refractivity contribution in [3.63, 3.8) is 0 Å². The van der Waals surface area contributed by atoms with E-state index in [-0.39, 0.29) is 0 Å². The third kappa shape index (κ3) is 3.38. The summed E-state index contributed by atoms with van der Waals surface area (Å²) >= 11 is 0. The molecule has 0 saturated carbocycles. The molecule has 0 aliphatic rings. The summed E-state index contributed by atoms with van der Waals surface area (Å²) in [6.07, 6.45) is 0.454. The molecule has 1 atom stereocenters. The summed E-state index contributed by atoms with van der Waals surface area (Å²) in [6, 6.07) is 15.2. The van der Waals surface area contributed by atoms with E-state index in [1.165, 1.54) is 0 Å². The summed E-state index contributed by atoms with van der Waals surface area (Å²) in [5.74, 6) is -0.602. The first-order valence-corrected chi connectivity index (χ1v) is 6.52. The van der Waals surface area contributed by atoms with Gasteiger partial charge in [0.25, 0.3) is 0 Å². The Morgan fingerprint density at radius 2 is 1.90 bits per heavy atom. The number of hydrogen-bond donors (Lipinski definition) is 1. The highest BCUT2D eigenvalue weighted by molar-refractivity contribution is 5.76. The van der Waals surface area contributed by atoms with Crippen molar-refractivity contribution in [2.45, 2.75) is 19.3 Å². The number of rotatable bonds is 5. The summed E-state index contributed by atoms with van der Waals surface area (Å²) in [7, 11) is 1.60. The maximum atomic E-state index is 11.5. The van der Waals surface area contributed by atoms with Crippen LogP contribution in [0.1, 0.15) is 22.6 Å². The summed E-state index contributed by atoms with van der Waals surface area (Å²) in [6.45, 7) is 1.99. The summed E-state index contributed by atoms with van der Waals surface area (Å²) in [5.41, 5.74) is 2.91. The van der Waals surface area contributed by atoms with Gasteiger partial charge in [-0.1, -0.05) is 42.0 Å². The van der Waals surface area contributed by atoms with Crippen LogP contribution in [0.2, 0.25) is 0 Å². The van der Waals surface area contributed by atoms with Gasteiger partial charge in [0, 0.05) is 0 Å². The molecule has 2 aromatic rings. The van der Waals surface area contributed by atoms with Crippen molar-refractivity contribution in [1.82, 2.24) is 0 Å². The lowest BCUT2D eigenvalue weighted by molar-refractivity contribution is -0.138. The molecule has 0 saturated heterocycles. The minimum Gasteiger partial charge on any atom is -0.497 e. The maximum absolute atomic E-state index is 11.5. The lowest BCUT2D eigenvalue weighted by atomic mass is 9.91. The average Bonchev–Trinajstić information content (AvgIpc) is 2.46. The first-order valence-electron chi connectivity index (χ1n) is 6.52. The number of aryl methyl sites for hydroxylation is 1. The van der Waals surface area contributed by atoms with E-state index in [2.05, 4.69) is 0 Å². The Hall–Kier alpha value is -2.29. The van der Waals surface area contributed by atoms with Crippen molar-refractivity contribution in [3.05, 3.63) is 65.2 Å². The molecule has 3 heteroatoms. The zero-order valence-electron chi connectivity index (χ0n) is 11.7. The van der Waals surface area contributed by atoms with Gasteiger partial charge in [0.1, 0.15) is 5.75 Å². The zero-order valence-corrected chi connectivity index (χ0v) is 11.7. The van der Waals surface area contributed by atoms with Crippen molar-refractivity contribution in [2.24, 2.45) is 0 Å². The van der Waals surface area contributed by atoms with Crippen LogP contribution in [-0.4, -0.2) is 18.2 Å². The van der Waals surface area contributed by atoms with Gasteiger partial charge in [-0.3, -0.25) is 4.79 Å². The number of ether oxygens (including phenoxy) is 1. The largest absolute Gasteiger partial charge is 0.497 e. The smallest absolute Gasteiger partial charge is 0.311 e. The fourth-order valence-electron chi connectivity index (χ4n) is 2.18. The van der Waals surface area contributed by atoms with Gasteiger partial charge in [-0.15, -0.1) is 0 Å². The number of hydrogen-bond acceptors (Lipinski definition) is 2. The molecular weight excluding hydrogens is 252 g/mol. The number of carbonyl (C=O) groups is 1. The molecule has 3 nitrogen and oxygen atoms in total. The normalized spacial score (nSPS) is 11.9. The third-order valence-corrected chi connectivity index (χ3v) is 3.35. The molecule has 2 aromatic carbocycles. The van der Waals surface area contributed by atoms with Crippen molar-refractivity contribution in [2.75, 3.05) is 7.11 Å². The van der Waals surface area contributed by atoms with E-state index in [0.717, 1.165) is 22.4 Å². The van der Waals surface area contributed by atoms with Crippen LogP contribution in [0, 0.1) is 6.92 Å². The molecule has 0 bridgehead atoms. The topological polar surface area (TPSA) is 46.5 Å². The second kappa shape index (κ2) is 6.24. The van der Waals surface area contributed by atoms with Gasteiger partial charge >= 0.3 is 5.97 Å². The summed E-state index contributed by atoms with van der Waals surface area (Å²) in [5, 5.41) is 9.45. The van der Waals surface area contributed by atoms with Crippen molar-refractivity contribution in [1.29, 1.82) is 0 Å². The number of carboxylic acid groups (broad SMARTS) is 1. The van der Waals surface area contributed by atoms with E-state index in [1.54, 1.807) is 7.11 Å². The Bertz CT molecular complexity index is 587. The fraction of sp³-hybridized carbons (Fsp3) is 0.235. The number of methoxy groups -OCH3 is 1. The highest BCUT2D eigenvalue weighted by Gasteiger charge is 2.20. The minimum atomic E-state index is -0.809. The van der Waals surface area contributed by atoms with E-state index in [4.69, 9.17) is 4.74 Å². The molecular formula is C17H18O3. The van der Waals surface area contributed by atoms with Crippen LogP contribution < -0.4 is 4.74 Å². The van der Waals surface area contributed by atoms with Gasteiger partial charge in [0.15, 0.2) is 0 Å². The standard InChI is InChI=1S/C17H18O3/c1-12-6-8-14(9-7-12)16(17(18)19)11-13-4-3-5-15(10-13)20-2/h3-10,16H,11H2,1-2H3,(H,18,19). The molecule has 104 valence electrons. The molecule has 1 unspecified atom stereocenters. The third-order valence-electron chi connectivity index (χ3n) is 3.35. The Labute approximate surface area is 118 Å². The molecule has 0 amide bonds. The van der Waals surface area contributed by atoms with E-state index < -0.39 is 11.9 Å². The molecule has 0 aliphatic carbocycles. The molecule has 0 heterocycles. The van der Waals surface area contributed by atoms with Crippen LogP contribution in [0.4, 0.5) is 0 Å². The minimum absolute atomic E-state index is 0.454. The Balaban J connectivity index is 2.25. The molecule has 2 rings (SSSR count). The summed E-state index contributed by atoms with van der Waals surface area (Å²) < 4.78 is 5.17. The first kappa shape index (κ1) is 14.1. The van der Waals surface area contributed by atoms with Crippen LogP contribution in [0.5, 0.6) is 5.75 Å². The number of benzene rings is 2. The number of carboxylic acids is 1. The Kier molecular flexibility index (Phi) is 4.41. The van der Waals surface area contributed by atoms with E-state index in [1.807, 2.05) is 55.5 Å². The molecule has 20 heavy (non-hydrogen) atoms. The Morgan fingerprint density at radius 3 is 2.50 bits per heavy atom. The van der Waals surface area contributed by atoms with Gasteiger partial charge in [-0.2, -0.15) is 0 Å². The van der Waals surface area contributed by atoms with E-state index in [0.29, 0.717) is 6.42 Å². The predicted octanol–water partition coefficient (Wildman–Crippen LogP) is 3.41. The molecule has 0 fully saturated rings. The van der Waals surface area contributed by atoms with Gasteiger partial charge in [-0.25, -0.2) is 0 Å². The van der Waals surface area contributed by atoms with Gasteiger partial charge in [-0.05, 0) is 36.6 Å². The predicted molar refractivity (Wildman–Crippen MR) is 78.3 cm³/mol. The van der Waals surface area contributed by atoms with Crippen LogP contribution in [-0.2, 0) is 11.2 Å². The maximum Gasteiger partial charge on any atom is 0.311 e. The highest BCUT2D eigenvalue weighted by Crippen LogP contribution is 2.23. The monoisotopic (exact) mass is 270 g/mol. The molecule has 1 N–H and O–H groups in total. The SMILES string of the molecule is COc1cccc(CC(C(=O)O)c2ccc(C)cc2)c1. The first-order chi connectivity index (χ1) is 9.60. The number of aliphatic carboxylic acids is 1. The molecule has 0 radical (unpaired) electrons. The van der Waals surface area contributed by atoms with Gasteiger partial charge in [0.05, 0.1) is 13.0 Å². The van der Waals surface area contributed by atoms with Crippen molar-refractivity contribution in [3.8, 4) is 5.75 Å². The second-order valence-corrected chi connectivity index (χ2v) is 4.86. The lowest BCUT2D eigenvalue weighted by Crippen LogP contribution is -2.14. The van der Waals surface area contributed by atoms with E-state index >= 15 is 0 Å². The Morgan fingerprint density at radius 1 is 1.20 bits per heavy atom. The van der Waals surface area contributed by atoms with Gasteiger partial charge < -0.3 is 9.84 Å². The summed E-state index contributed by atoms with van der Waals surface area (Å²) in [4.78, 5) is 11.5. The van der Waals surface area contributed by atoms with Crippen LogP contribution >= 0.6 is 0 Å². The van der Waals surface area contributed by atoms with Crippen molar-refractivity contribution >= 4 is 5.97 Å². The lowest BCUT2D eigenvalue weighted by Gasteiger charge is -2.14. The average molecular weight is 270 g/mol. The van der Waals surface area contributed by atoms with Crippen LogP contribution in [0.3, 0.4) is 0 Å². The van der Waals surface area contributed by atoms with Crippen LogP contribution in [0.15, 0.2) is 48.5 Å².